The molecule has 0 spiro atoms. The highest BCUT2D eigenvalue weighted by molar-refractivity contribution is 5.82. The lowest BCUT2D eigenvalue weighted by molar-refractivity contribution is -0.132. The van der Waals surface area contributed by atoms with Crippen LogP contribution in [0.25, 0.3) is 0 Å². The summed E-state index contributed by atoms with van der Waals surface area (Å²) in [7, 11) is 0. The molecule has 0 bridgehead atoms. The molecule has 1 amide bonds. The smallest absolute Gasteiger partial charge is 0.239 e. The maximum Gasteiger partial charge on any atom is 0.239 e. The van der Waals surface area contributed by atoms with E-state index in [0.29, 0.717) is 17.7 Å². The zero-order chi connectivity index (χ0) is 12.3. The van der Waals surface area contributed by atoms with Crippen LogP contribution in [-0.2, 0) is 9.53 Å². The number of carbonyl (C=O) groups excluding carboxylic acids is 1. The van der Waals surface area contributed by atoms with Gasteiger partial charge >= 0.3 is 0 Å². The van der Waals surface area contributed by atoms with Gasteiger partial charge in [0.15, 0.2) is 0 Å². The number of nitrogens with zero attached hydrogens (tertiary/aromatic N) is 1. The van der Waals surface area contributed by atoms with Gasteiger partial charge in [-0.1, -0.05) is 6.92 Å². The Morgan fingerprint density at radius 2 is 2.29 bits per heavy atom. The van der Waals surface area contributed by atoms with Crippen molar-refractivity contribution >= 4 is 5.91 Å². The zero-order valence-electron chi connectivity index (χ0n) is 10.9. The molecule has 2 heterocycles. The normalized spacial score (nSPS) is 33.3. The quantitative estimate of drug-likeness (QED) is 0.793. The molecular formula is C13H24N2O2. The highest BCUT2D eigenvalue weighted by Crippen LogP contribution is 2.24. The maximum atomic E-state index is 12.2. The topological polar surface area (TPSA) is 41.6 Å². The lowest BCUT2D eigenvalue weighted by Crippen LogP contribution is -2.42. The van der Waals surface area contributed by atoms with Crippen LogP contribution >= 0.6 is 0 Å². The van der Waals surface area contributed by atoms with Crippen LogP contribution in [0.1, 0.15) is 26.7 Å². The minimum absolute atomic E-state index is 0.0769. The Bertz CT molecular complexity index is 264. The Morgan fingerprint density at radius 1 is 1.47 bits per heavy atom. The number of ether oxygens (including phenoxy) is 1. The third-order valence-corrected chi connectivity index (χ3v) is 3.97. The average molecular weight is 240 g/mol. The van der Waals surface area contributed by atoms with Crippen LogP contribution in [0, 0.1) is 11.8 Å². The van der Waals surface area contributed by atoms with E-state index in [-0.39, 0.29) is 6.04 Å². The van der Waals surface area contributed by atoms with Crippen LogP contribution in [0.2, 0.25) is 0 Å². The Balaban J connectivity index is 1.84. The van der Waals surface area contributed by atoms with Gasteiger partial charge in [0.2, 0.25) is 5.91 Å². The molecule has 4 heteroatoms. The molecule has 2 rings (SSSR count). The van der Waals surface area contributed by atoms with Gasteiger partial charge in [0.25, 0.3) is 0 Å². The van der Waals surface area contributed by atoms with E-state index in [1.54, 1.807) is 0 Å². The fourth-order valence-electron chi connectivity index (χ4n) is 2.82. The van der Waals surface area contributed by atoms with E-state index in [0.717, 1.165) is 45.7 Å². The van der Waals surface area contributed by atoms with Crippen LogP contribution in [0.3, 0.4) is 0 Å². The number of amides is 1. The first kappa shape index (κ1) is 12.8. The van der Waals surface area contributed by atoms with Crippen LogP contribution in [0.5, 0.6) is 0 Å². The summed E-state index contributed by atoms with van der Waals surface area (Å²) >= 11 is 0. The highest BCUT2D eigenvalue weighted by atomic mass is 16.5. The molecule has 0 aromatic carbocycles. The molecule has 2 saturated heterocycles. The van der Waals surface area contributed by atoms with E-state index in [2.05, 4.69) is 12.2 Å². The van der Waals surface area contributed by atoms with E-state index in [4.69, 9.17) is 4.74 Å². The van der Waals surface area contributed by atoms with Gasteiger partial charge in [0.05, 0.1) is 12.6 Å². The number of rotatable bonds is 4. The van der Waals surface area contributed by atoms with Crippen molar-refractivity contribution in [1.29, 1.82) is 0 Å². The van der Waals surface area contributed by atoms with Crippen molar-refractivity contribution in [2.75, 3.05) is 32.8 Å². The molecule has 98 valence electrons. The molecule has 2 aliphatic heterocycles. The summed E-state index contributed by atoms with van der Waals surface area (Å²) in [5.74, 6) is 1.38. The van der Waals surface area contributed by atoms with Crippen LogP contribution in [-0.4, -0.2) is 49.7 Å². The molecule has 0 unspecified atom stereocenters. The Kier molecular flexibility index (Phi) is 4.40. The lowest BCUT2D eigenvalue weighted by atomic mass is 9.99. The number of carbonyl (C=O) groups is 1. The zero-order valence-corrected chi connectivity index (χ0v) is 10.9. The molecule has 3 atom stereocenters. The molecule has 1 N–H and O–H groups in total. The van der Waals surface area contributed by atoms with E-state index < -0.39 is 0 Å². The third-order valence-electron chi connectivity index (χ3n) is 3.97. The van der Waals surface area contributed by atoms with Crippen molar-refractivity contribution in [1.82, 2.24) is 10.2 Å². The van der Waals surface area contributed by atoms with Crippen molar-refractivity contribution in [3.8, 4) is 0 Å². The van der Waals surface area contributed by atoms with Crippen molar-refractivity contribution in [3.05, 3.63) is 0 Å². The Hall–Kier alpha value is -0.610. The predicted molar refractivity (Wildman–Crippen MR) is 66.8 cm³/mol. The molecule has 0 aliphatic carbocycles. The molecule has 2 fully saturated rings. The third kappa shape index (κ3) is 2.99. The summed E-state index contributed by atoms with van der Waals surface area (Å²) in [6.45, 7) is 8.56. The second kappa shape index (κ2) is 5.83. The van der Waals surface area contributed by atoms with Crippen molar-refractivity contribution in [2.45, 2.75) is 32.7 Å². The van der Waals surface area contributed by atoms with Crippen molar-refractivity contribution in [3.63, 3.8) is 0 Å². The van der Waals surface area contributed by atoms with Gasteiger partial charge in [-0.15, -0.1) is 0 Å². The van der Waals surface area contributed by atoms with Gasteiger partial charge in [-0.05, 0) is 32.2 Å². The minimum Gasteiger partial charge on any atom is -0.381 e. The maximum absolute atomic E-state index is 12.2. The fourth-order valence-corrected chi connectivity index (χ4v) is 2.82. The molecule has 17 heavy (non-hydrogen) atoms. The molecular weight excluding hydrogens is 216 g/mol. The molecule has 0 radical (unpaired) electrons. The summed E-state index contributed by atoms with van der Waals surface area (Å²) < 4.78 is 5.49. The number of nitrogens with one attached hydrogen (secondary N) is 1. The van der Waals surface area contributed by atoms with E-state index in [9.17, 15) is 4.79 Å². The lowest BCUT2D eigenvalue weighted by Gasteiger charge is -2.20. The summed E-state index contributed by atoms with van der Waals surface area (Å²) in [6, 6.07) is 0.0769. The largest absolute Gasteiger partial charge is 0.381 e. The number of likely N-dealkylation sites (tertiary alicyclic amines) is 1. The predicted octanol–water partition coefficient (Wildman–Crippen LogP) is 0.869. The van der Waals surface area contributed by atoms with Gasteiger partial charge in [0, 0.05) is 25.6 Å². The Morgan fingerprint density at radius 3 is 2.94 bits per heavy atom. The van der Waals surface area contributed by atoms with Crippen LogP contribution < -0.4 is 5.32 Å². The summed E-state index contributed by atoms with van der Waals surface area (Å²) in [4.78, 5) is 14.3. The number of hydrogen-bond acceptors (Lipinski definition) is 3. The van der Waals surface area contributed by atoms with Gasteiger partial charge in [-0.25, -0.2) is 0 Å². The summed E-state index contributed by atoms with van der Waals surface area (Å²) in [6.07, 6.45) is 2.13. The molecule has 4 nitrogen and oxygen atoms in total. The first-order chi connectivity index (χ1) is 8.22. The molecule has 0 aromatic heterocycles. The first-order valence-electron chi connectivity index (χ1n) is 6.82. The van der Waals surface area contributed by atoms with Gasteiger partial charge in [-0.3, -0.25) is 4.79 Å². The second-order valence-corrected chi connectivity index (χ2v) is 5.29. The van der Waals surface area contributed by atoms with Crippen molar-refractivity contribution < 1.29 is 9.53 Å². The van der Waals surface area contributed by atoms with E-state index in [1.807, 2.05) is 11.8 Å². The number of hydrogen-bond donors (Lipinski definition) is 1. The van der Waals surface area contributed by atoms with E-state index >= 15 is 0 Å². The Labute approximate surface area is 104 Å². The first-order valence-corrected chi connectivity index (χ1v) is 6.82. The average Bonchev–Trinajstić information content (AvgIpc) is 2.95. The monoisotopic (exact) mass is 240 g/mol. The SMILES string of the molecule is CCOC[C@@H]1CN(C(=O)[C@H]2CCCN2)C[C@H]1C. The minimum atomic E-state index is 0.0769. The molecule has 0 saturated carbocycles. The van der Waals surface area contributed by atoms with Crippen LogP contribution in [0.4, 0.5) is 0 Å². The summed E-state index contributed by atoms with van der Waals surface area (Å²) in [5.41, 5.74) is 0. The van der Waals surface area contributed by atoms with Gasteiger partial charge in [-0.2, -0.15) is 0 Å². The van der Waals surface area contributed by atoms with E-state index in [1.165, 1.54) is 0 Å². The fraction of sp³-hybridized carbons (Fsp3) is 0.923. The van der Waals surface area contributed by atoms with Gasteiger partial charge < -0.3 is 15.0 Å². The standard InChI is InChI=1S/C13H24N2O2/c1-3-17-9-11-8-15(7-10(11)2)13(16)12-5-4-6-14-12/h10-12,14H,3-9H2,1-2H3/t10-,11+,12-/m1/s1. The van der Waals surface area contributed by atoms with Crippen molar-refractivity contribution in [2.24, 2.45) is 11.8 Å². The molecule has 0 aromatic rings. The van der Waals surface area contributed by atoms with Gasteiger partial charge in [0.1, 0.15) is 0 Å². The highest BCUT2D eigenvalue weighted by Gasteiger charge is 2.35. The van der Waals surface area contributed by atoms with Crippen LogP contribution in [0.15, 0.2) is 0 Å². The molecule has 2 aliphatic rings. The second-order valence-electron chi connectivity index (χ2n) is 5.29. The summed E-state index contributed by atoms with van der Waals surface area (Å²) in [5, 5.41) is 3.28.